The monoisotopic (exact) mass is 273 g/mol. The van der Waals surface area contributed by atoms with Crippen LogP contribution in [0, 0.1) is 13.8 Å². The summed E-state index contributed by atoms with van der Waals surface area (Å²) in [5, 5.41) is 4.34. The smallest absolute Gasteiger partial charge is 0.0591 e. The third-order valence-electron chi connectivity index (χ3n) is 3.20. The fourth-order valence-corrected chi connectivity index (χ4v) is 2.74. The minimum absolute atomic E-state index is 0.150. The highest BCUT2D eigenvalue weighted by molar-refractivity contribution is 6.31. The Hall–Kier alpha value is -1.31. The molecular weight excluding hydrogens is 254 g/mol. The van der Waals surface area contributed by atoms with E-state index in [1.165, 1.54) is 16.7 Å². The fraction of sp³-hybridized carbons (Fsp3) is 0.294. The van der Waals surface area contributed by atoms with Gasteiger partial charge in [0, 0.05) is 5.02 Å². The van der Waals surface area contributed by atoms with Gasteiger partial charge in [-0.2, -0.15) is 0 Å². The molecule has 0 fully saturated rings. The van der Waals surface area contributed by atoms with Crippen molar-refractivity contribution in [3.05, 3.63) is 69.7 Å². The largest absolute Gasteiger partial charge is 0.306 e. The maximum atomic E-state index is 6.34. The van der Waals surface area contributed by atoms with Gasteiger partial charge in [-0.3, -0.25) is 0 Å². The second-order valence-corrected chi connectivity index (χ2v) is 5.34. The molecule has 0 saturated heterocycles. The molecule has 2 aromatic rings. The van der Waals surface area contributed by atoms with Crippen molar-refractivity contribution < 1.29 is 0 Å². The predicted molar refractivity (Wildman–Crippen MR) is 82.9 cm³/mol. The van der Waals surface area contributed by atoms with E-state index < -0.39 is 0 Å². The van der Waals surface area contributed by atoms with Crippen molar-refractivity contribution in [3.63, 3.8) is 0 Å². The van der Waals surface area contributed by atoms with Crippen LogP contribution in [-0.4, -0.2) is 6.54 Å². The van der Waals surface area contributed by atoms with Gasteiger partial charge in [-0.15, -0.1) is 0 Å². The summed E-state index contributed by atoms with van der Waals surface area (Å²) < 4.78 is 0. The third kappa shape index (κ3) is 3.37. The molecule has 0 bridgehead atoms. The summed E-state index contributed by atoms with van der Waals surface area (Å²) in [5.41, 5.74) is 4.97. The van der Waals surface area contributed by atoms with Crippen molar-refractivity contribution in [1.82, 2.24) is 5.32 Å². The van der Waals surface area contributed by atoms with Gasteiger partial charge < -0.3 is 5.32 Å². The van der Waals surface area contributed by atoms with E-state index in [0.717, 1.165) is 17.1 Å². The molecule has 100 valence electrons. The number of aryl methyl sites for hydroxylation is 2. The van der Waals surface area contributed by atoms with Crippen LogP contribution in [0.1, 0.15) is 35.2 Å². The van der Waals surface area contributed by atoms with Crippen molar-refractivity contribution in [2.45, 2.75) is 26.8 Å². The SMILES string of the molecule is CCNC(c1cc(C)cc(C)c1)c1ccccc1Cl. The zero-order valence-corrected chi connectivity index (χ0v) is 12.5. The van der Waals surface area contributed by atoms with Gasteiger partial charge in [-0.1, -0.05) is 66.0 Å². The first-order valence-corrected chi connectivity index (χ1v) is 7.05. The molecule has 2 heteroatoms. The maximum Gasteiger partial charge on any atom is 0.0591 e. The van der Waals surface area contributed by atoms with E-state index in [1.807, 2.05) is 18.2 Å². The van der Waals surface area contributed by atoms with Crippen molar-refractivity contribution >= 4 is 11.6 Å². The summed E-state index contributed by atoms with van der Waals surface area (Å²) in [6.07, 6.45) is 0. The number of hydrogen-bond donors (Lipinski definition) is 1. The Bertz CT molecular complexity index is 543. The number of nitrogens with one attached hydrogen (secondary N) is 1. The van der Waals surface area contributed by atoms with Crippen LogP contribution in [0.25, 0.3) is 0 Å². The van der Waals surface area contributed by atoms with Crippen molar-refractivity contribution in [2.75, 3.05) is 6.54 Å². The summed E-state index contributed by atoms with van der Waals surface area (Å²) in [5.74, 6) is 0. The number of benzene rings is 2. The molecule has 1 nitrogen and oxygen atoms in total. The van der Waals surface area contributed by atoms with Crippen LogP contribution in [0.3, 0.4) is 0 Å². The highest BCUT2D eigenvalue weighted by Crippen LogP contribution is 2.29. The van der Waals surface area contributed by atoms with Crippen molar-refractivity contribution in [3.8, 4) is 0 Å². The minimum atomic E-state index is 0.150. The second-order valence-electron chi connectivity index (χ2n) is 4.93. The van der Waals surface area contributed by atoms with Crippen LogP contribution in [0.5, 0.6) is 0 Å². The normalized spacial score (nSPS) is 12.4. The van der Waals surface area contributed by atoms with E-state index in [2.05, 4.69) is 50.4 Å². The first kappa shape index (κ1) is 14.1. The first-order valence-electron chi connectivity index (χ1n) is 6.68. The average Bonchev–Trinajstić information content (AvgIpc) is 2.36. The number of rotatable bonds is 4. The van der Waals surface area contributed by atoms with E-state index in [0.29, 0.717) is 0 Å². The van der Waals surface area contributed by atoms with Crippen LogP contribution in [0.4, 0.5) is 0 Å². The molecule has 1 unspecified atom stereocenters. The fourth-order valence-electron chi connectivity index (χ4n) is 2.50. The molecular formula is C17H20ClN. The lowest BCUT2D eigenvalue weighted by Gasteiger charge is -2.21. The Balaban J connectivity index is 2.48. The molecule has 0 heterocycles. The Morgan fingerprint density at radius 3 is 2.26 bits per heavy atom. The molecule has 0 aliphatic heterocycles. The van der Waals surface area contributed by atoms with Gasteiger partial charge in [-0.25, -0.2) is 0 Å². The molecule has 2 aromatic carbocycles. The van der Waals surface area contributed by atoms with Gasteiger partial charge in [0.15, 0.2) is 0 Å². The molecule has 0 amide bonds. The lowest BCUT2D eigenvalue weighted by molar-refractivity contribution is 0.630. The molecule has 0 spiro atoms. The van der Waals surface area contributed by atoms with Crippen LogP contribution < -0.4 is 5.32 Å². The van der Waals surface area contributed by atoms with Crippen molar-refractivity contribution in [2.24, 2.45) is 0 Å². The van der Waals surface area contributed by atoms with Crippen LogP contribution in [-0.2, 0) is 0 Å². The molecule has 0 radical (unpaired) electrons. The predicted octanol–water partition coefficient (Wildman–Crippen LogP) is 4.66. The van der Waals surface area contributed by atoms with E-state index in [1.54, 1.807) is 0 Å². The summed E-state index contributed by atoms with van der Waals surface area (Å²) in [6, 6.07) is 14.8. The summed E-state index contributed by atoms with van der Waals surface area (Å²) in [7, 11) is 0. The van der Waals surface area contributed by atoms with Crippen LogP contribution in [0.15, 0.2) is 42.5 Å². The van der Waals surface area contributed by atoms with Gasteiger partial charge in [0.05, 0.1) is 6.04 Å². The van der Waals surface area contributed by atoms with Crippen molar-refractivity contribution in [1.29, 1.82) is 0 Å². The molecule has 19 heavy (non-hydrogen) atoms. The van der Waals surface area contributed by atoms with Gasteiger partial charge >= 0.3 is 0 Å². The highest BCUT2D eigenvalue weighted by Gasteiger charge is 2.16. The zero-order chi connectivity index (χ0) is 13.8. The summed E-state index contributed by atoms with van der Waals surface area (Å²) in [4.78, 5) is 0. The number of hydrogen-bond acceptors (Lipinski definition) is 1. The van der Waals surface area contributed by atoms with Crippen LogP contribution in [0.2, 0.25) is 5.02 Å². The first-order chi connectivity index (χ1) is 9.11. The quantitative estimate of drug-likeness (QED) is 0.855. The standard InChI is InChI=1S/C17H20ClN/c1-4-19-17(15-7-5-6-8-16(15)18)14-10-12(2)9-13(3)11-14/h5-11,17,19H,4H2,1-3H3. The van der Waals surface area contributed by atoms with E-state index >= 15 is 0 Å². The molecule has 1 atom stereocenters. The van der Waals surface area contributed by atoms with Gasteiger partial charge in [0.1, 0.15) is 0 Å². The highest BCUT2D eigenvalue weighted by atomic mass is 35.5. The van der Waals surface area contributed by atoms with E-state index in [4.69, 9.17) is 11.6 Å². The average molecular weight is 274 g/mol. The lowest BCUT2D eigenvalue weighted by atomic mass is 9.95. The Morgan fingerprint density at radius 2 is 1.68 bits per heavy atom. The second kappa shape index (κ2) is 6.23. The summed E-state index contributed by atoms with van der Waals surface area (Å²) >= 11 is 6.34. The third-order valence-corrected chi connectivity index (χ3v) is 3.55. The van der Waals surface area contributed by atoms with Gasteiger partial charge in [0.25, 0.3) is 0 Å². The zero-order valence-electron chi connectivity index (χ0n) is 11.7. The van der Waals surface area contributed by atoms with Gasteiger partial charge in [0.2, 0.25) is 0 Å². The van der Waals surface area contributed by atoms with E-state index in [9.17, 15) is 0 Å². The Kier molecular flexibility index (Phi) is 4.62. The molecule has 0 saturated carbocycles. The minimum Gasteiger partial charge on any atom is -0.306 e. The molecule has 0 aromatic heterocycles. The molecule has 0 aliphatic carbocycles. The Morgan fingerprint density at radius 1 is 1.05 bits per heavy atom. The lowest BCUT2D eigenvalue weighted by Crippen LogP contribution is -2.22. The van der Waals surface area contributed by atoms with E-state index in [-0.39, 0.29) is 6.04 Å². The number of halogens is 1. The topological polar surface area (TPSA) is 12.0 Å². The Labute approximate surface area is 120 Å². The molecule has 0 aliphatic rings. The summed E-state index contributed by atoms with van der Waals surface area (Å²) in [6.45, 7) is 7.29. The maximum absolute atomic E-state index is 6.34. The van der Waals surface area contributed by atoms with Gasteiger partial charge in [-0.05, 0) is 37.6 Å². The van der Waals surface area contributed by atoms with Crippen LogP contribution >= 0.6 is 11.6 Å². The molecule has 1 N–H and O–H groups in total. The molecule has 2 rings (SSSR count).